The molecule has 4 rings (SSSR count). The molecule has 146 valence electrons. The van der Waals surface area contributed by atoms with Gasteiger partial charge in [-0.2, -0.15) is 0 Å². The van der Waals surface area contributed by atoms with Gasteiger partial charge in [-0.05, 0) is 80.2 Å². The Morgan fingerprint density at radius 3 is 2.04 bits per heavy atom. The van der Waals surface area contributed by atoms with Crippen LogP contribution in [-0.4, -0.2) is 35.8 Å². The summed E-state index contributed by atoms with van der Waals surface area (Å²) < 4.78 is 0. The van der Waals surface area contributed by atoms with Crippen LogP contribution in [0.15, 0.2) is 48.5 Å². The van der Waals surface area contributed by atoms with Gasteiger partial charge in [0.2, 0.25) is 5.91 Å². The molecule has 2 fully saturated rings. The number of carbonyl (C=O) groups excluding carboxylic acids is 2. The van der Waals surface area contributed by atoms with Crippen LogP contribution in [0.3, 0.4) is 0 Å². The minimum absolute atomic E-state index is 0.122. The highest BCUT2D eigenvalue weighted by Gasteiger charge is 2.43. The molecule has 4 nitrogen and oxygen atoms in total. The highest BCUT2D eigenvalue weighted by Crippen LogP contribution is 2.30. The lowest BCUT2D eigenvalue weighted by Crippen LogP contribution is -2.46. The molecule has 2 heterocycles. The lowest BCUT2D eigenvalue weighted by molar-refractivity contribution is -0.123. The molecule has 0 radical (unpaired) electrons. The first-order chi connectivity index (χ1) is 13.5. The molecule has 6 heteroatoms. The Hall–Kier alpha value is -1.88. The average Bonchev–Trinajstić information content (AvgIpc) is 2.99. The number of piperidine rings is 1. The zero-order valence-electron chi connectivity index (χ0n) is 15.5. The lowest BCUT2D eigenvalue weighted by Gasteiger charge is -2.34. The third-order valence-corrected chi connectivity index (χ3v) is 6.24. The third kappa shape index (κ3) is 4.09. The smallest absolute Gasteiger partial charge is 0.251 e. The fourth-order valence-electron chi connectivity index (χ4n) is 4.19. The van der Waals surface area contributed by atoms with Crippen molar-refractivity contribution in [2.75, 3.05) is 18.0 Å². The van der Waals surface area contributed by atoms with Crippen molar-refractivity contribution in [3.63, 3.8) is 0 Å². The zero-order chi connectivity index (χ0) is 19.7. The molecule has 28 heavy (non-hydrogen) atoms. The van der Waals surface area contributed by atoms with Crippen molar-refractivity contribution in [1.29, 1.82) is 0 Å². The van der Waals surface area contributed by atoms with Crippen LogP contribution in [0.1, 0.15) is 24.8 Å². The van der Waals surface area contributed by atoms with Gasteiger partial charge in [0.05, 0.1) is 18.2 Å². The quantitative estimate of drug-likeness (QED) is 0.684. The van der Waals surface area contributed by atoms with Gasteiger partial charge in [0.15, 0.2) is 0 Å². The summed E-state index contributed by atoms with van der Waals surface area (Å²) >= 11 is 11.9. The van der Waals surface area contributed by atoms with Gasteiger partial charge in [-0.25, -0.2) is 4.90 Å². The van der Waals surface area contributed by atoms with Crippen molar-refractivity contribution < 1.29 is 9.59 Å². The molecule has 2 aliphatic heterocycles. The van der Waals surface area contributed by atoms with Gasteiger partial charge < -0.3 is 0 Å². The van der Waals surface area contributed by atoms with E-state index >= 15 is 0 Å². The van der Waals surface area contributed by atoms with Crippen LogP contribution in [0.4, 0.5) is 5.69 Å². The molecule has 2 aliphatic rings. The van der Waals surface area contributed by atoms with Gasteiger partial charge in [-0.15, -0.1) is 0 Å². The number of amides is 2. The molecular weight excluding hydrogens is 395 g/mol. The van der Waals surface area contributed by atoms with E-state index in [9.17, 15) is 9.59 Å². The minimum atomic E-state index is -0.348. The van der Waals surface area contributed by atoms with Crippen LogP contribution in [0.25, 0.3) is 0 Å². The Labute approximate surface area is 175 Å². The zero-order valence-corrected chi connectivity index (χ0v) is 17.0. The monoisotopic (exact) mass is 416 g/mol. The van der Waals surface area contributed by atoms with Crippen LogP contribution < -0.4 is 4.90 Å². The molecular formula is C22H22Cl2N2O2. The van der Waals surface area contributed by atoms with E-state index in [0.717, 1.165) is 37.4 Å². The van der Waals surface area contributed by atoms with Crippen molar-refractivity contribution >= 4 is 40.7 Å². The average molecular weight is 417 g/mol. The van der Waals surface area contributed by atoms with Crippen molar-refractivity contribution in [2.45, 2.75) is 31.7 Å². The molecule has 0 aliphatic carbocycles. The lowest BCUT2D eigenvalue weighted by atomic mass is 9.89. The SMILES string of the molecule is O=C1C[C@H](N2CCC(Cc3ccc(Cl)cc3)CC2)C(=O)N1c1ccc(Cl)cc1. The Morgan fingerprint density at radius 1 is 0.857 bits per heavy atom. The number of rotatable bonds is 4. The van der Waals surface area contributed by atoms with Gasteiger partial charge in [-0.3, -0.25) is 14.5 Å². The number of carbonyl (C=O) groups is 2. The maximum absolute atomic E-state index is 12.9. The van der Waals surface area contributed by atoms with E-state index in [1.807, 2.05) is 12.1 Å². The second-order valence-corrected chi connectivity index (χ2v) is 8.45. The number of anilines is 1. The number of nitrogens with zero attached hydrogens (tertiary/aromatic N) is 2. The van der Waals surface area contributed by atoms with Gasteiger partial charge in [0, 0.05) is 10.0 Å². The van der Waals surface area contributed by atoms with E-state index in [-0.39, 0.29) is 24.3 Å². The molecule has 2 aromatic carbocycles. The van der Waals surface area contributed by atoms with E-state index in [1.54, 1.807) is 24.3 Å². The Morgan fingerprint density at radius 2 is 1.43 bits per heavy atom. The van der Waals surface area contributed by atoms with Gasteiger partial charge in [-0.1, -0.05) is 35.3 Å². The van der Waals surface area contributed by atoms with E-state index < -0.39 is 0 Å². The molecule has 0 bridgehead atoms. The van der Waals surface area contributed by atoms with E-state index in [0.29, 0.717) is 16.6 Å². The molecule has 0 spiro atoms. The first kappa shape index (κ1) is 19.4. The molecule has 1 atom stereocenters. The summed E-state index contributed by atoms with van der Waals surface area (Å²) in [4.78, 5) is 28.9. The summed E-state index contributed by atoms with van der Waals surface area (Å²) in [5.41, 5.74) is 1.89. The summed E-state index contributed by atoms with van der Waals surface area (Å²) in [6.07, 6.45) is 3.34. The highest BCUT2D eigenvalue weighted by molar-refractivity contribution is 6.31. The number of hydrogen-bond acceptors (Lipinski definition) is 3. The number of imide groups is 1. The van der Waals surface area contributed by atoms with Crippen LogP contribution >= 0.6 is 23.2 Å². The van der Waals surface area contributed by atoms with Crippen molar-refractivity contribution in [3.05, 3.63) is 64.1 Å². The predicted molar refractivity (Wildman–Crippen MR) is 112 cm³/mol. The molecule has 2 aromatic rings. The maximum atomic E-state index is 12.9. The second-order valence-electron chi connectivity index (χ2n) is 7.57. The topological polar surface area (TPSA) is 40.6 Å². The molecule has 2 amide bonds. The molecule has 0 aromatic heterocycles. The Bertz CT molecular complexity index is 859. The van der Waals surface area contributed by atoms with E-state index in [2.05, 4.69) is 17.0 Å². The second kappa shape index (κ2) is 8.24. The first-order valence-corrected chi connectivity index (χ1v) is 10.4. The number of halogens is 2. The van der Waals surface area contributed by atoms with Crippen molar-refractivity contribution in [3.8, 4) is 0 Å². The van der Waals surface area contributed by atoms with Crippen LogP contribution in [0.2, 0.25) is 10.0 Å². The number of benzene rings is 2. The van der Waals surface area contributed by atoms with Crippen LogP contribution in [0, 0.1) is 5.92 Å². The van der Waals surface area contributed by atoms with E-state index in [1.165, 1.54) is 10.5 Å². The summed E-state index contributed by atoms with van der Waals surface area (Å²) in [5, 5.41) is 1.34. The summed E-state index contributed by atoms with van der Waals surface area (Å²) in [7, 11) is 0. The van der Waals surface area contributed by atoms with Crippen molar-refractivity contribution in [2.24, 2.45) is 5.92 Å². The minimum Gasteiger partial charge on any atom is -0.292 e. The first-order valence-electron chi connectivity index (χ1n) is 9.62. The largest absolute Gasteiger partial charge is 0.292 e. The van der Waals surface area contributed by atoms with Gasteiger partial charge in [0.25, 0.3) is 5.91 Å². The maximum Gasteiger partial charge on any atom is 0.251 e. The van der Waals surface area contributed by atoms with E-state index in [4.69, 9.17) is 23.2 Å². The number of hydrogen-bond donors (Lipinski definition) is 0. The number of likely N-dealkylation sites (tertiary alicyclic amines) is 1. The van der Waals surface area contributed by atoms with Gasteiger partial charge in [0.1, 0.15) is 0 Å². The highest BCUT2D eigenvalue weighted by atomic mass is 35.5. The van der Waals surface area contributed by atoms with Crippen LogP contribution in [-0.2, 0) is 16.0 Å². The van der Waals surface area contributed by atoms with Gasteiger partial charge >= 0.3 is 0 Å². The molecule has 0 unspecified atom stereocenters. The molecule has 0 saturated carbocycles. The standard InChI is InChI=1S/C22H22Cl2N2O2/c23-17-3-1-15(2-4-17)13-16-9-11-25(12-10-16)20-14-21(27)26(22(20)28)19-7-5-18(24)6-8-19/h1-8,16,20H,9-14H2/t20-/m0/s1. The third-order valence-electron chi connectivity index (χ3n) is 5.74. The molecule has 0 N–H and O–H groups in total. The fraction of sp³-hybridized carbons (Fsp3) is 0.364. The normalized spacial score (nSPS) is 21.5. The Balaban J connectivity index is 1.37. The Kier molecular flexibility index (Phi) is 5.72. The van der Waals surface area contributed by atoms with Crippen LogP contribution in [0.5, 0.6) is 0 Å². The summed E-state index contributed by atoms with van der Waals surface area (Å²) in [6.45, 7) is 1.69. The fourth-order valence-corrected chi connectivity index (χ4v) is 4.44. The summed E-state index contributed by atoms with van der Waals surface area (Å²) in [5.74, 6) is 0.334. The predicted octanol–water partition coefficient (Wildman–Crippen LogP) is 4.58. The molecule has 2 saturated heterocycles. The van der Waals surface area contributed by atoms with Crippen molar-refractivity contribution in [1.82, 2.24) is 4.90 Å². The summed E-state index contributed by atoms with van der Waals surface area (Å²) in [6, 6.07) is 14.5.